The van der Waals surface area contributed by atoms with Crippen LogP contribution in [0.15, 0.2) is 36.4 Å². The molecule has 0 bridgehead atoms. The van der Waals surface area contributed by atoms with Crippen LogP contribution in [-0.4, -0.2) is 134 Å². The molecular weight excluding hydrogens is 889 g/mol. The number of ether oxygens (including phenoxy) is 4. The lowest BCUT2D eigenvalue weighted by Gasteiger charge is -2.35. The van der Waals surface area contributed by atoms with Gasteiger partial charge in [0.25, 0.3) is 0 Å². The number of aryl methyl sites for hydroxylation is 2. The predicted molar refractivity (Wildman–Crippen MR) is 277 cm³/mol. The number of unbranched alkanes of at least 4 members (excludes halogenated alkanes) is 4. The van der Waals surface area contributed by atoms with Crippen LogP contribution in [0, 0.1) is 13.8 Å². The van der Waals surface area contributed by atoms with Gasteiger partial charge >= 0.3 is 11.9 Å². The SMILES string of the molecule is CCCCNc1nc(N)nc(C)c1Cc1ccc(C(C(=O)OCCCCO)C(C(=O)OCCCCN2CCC(N(C)C)CC2)c2ccc(Cc3c(C)nc(N)nc3NCCCC)c(OC)c2)cc1OC. The Kier molecular flexibility index (Phi) is 22.2. The van der Waals surface area contributed by atoms with Gasteiger partial charge in [-0.1, -0.05) is 51.0 Å². The average Bonchev–Trinajstić information content (AvgIpc) is 3.34. The number of esters is 2. The van der Waals surface area contributed by atoms with Crippen molar-refractivity contribution in [1.29, 1.82) is 0 Å². The molecule has 1 aliphatic heterocycles. The van der Waals surface area contributed by atoms with E-state index >= 15 is 0 Å². The molecular formula is C53H80N10O7. The first-order valence-corrected chi connectivity index (χ1v) is 25.2. The van der Waals surface area contributed by atoms with Crippen LogP contribution in [0.5, 0.6) is 11.5 Å². The predicted octanol–water partition coefficient (Wildman–Crippen LogP) is 7.20. The van der Waals surface area contributed by atoms with E-state index in [9.17, 15) is 14.7 Å². The average molecular weight is 969 g/mol. The number of aliphatic hydroxyl groups excluding tert-OH is 1. The van der Waals surface area contributed by atoms with Gasteiger partial charge in [0.15, 0.2) is 0 Å². The largest absolute Gasteiger partial charge is 0.496 e. The number of piperidine rings is 1. The smallest absolute Gasteiger partial charge is 0.314 e. The number of carbonyl (C=O) groups is 2. The van der Waals surface area contributed by atoms with E-state index in [1.54, 1.807) is 20.3 Å². The van der Waals surface area contributed by atoms with E-state index in [4.69, 9.17) is 30.4 Å². The number of nitrogens with one attached hydrogen (secondary N) is 2. The van der Waals surface area contributed by atoms with E-state index < -0.39 is 23.8 Å². The number of carbonyl (C=O) groups excluding carboxylic acids is 2. The maximum atomic E-state index is 14.9. The highest BCUT2D eigenvalue weighted by Gasteiger charge is 2.40. The van der Waals surface area contributed by atoms with Crippen LogP contribution in [0.25, 0.3) is 0 Å². The summed E-state index contributed by atoms with van der Waals surface area (Å²) in [6, 6.07) is 11.7. The van der Waals surface area contributed by atoms with Crippen LogP contribution in [0.1, 0.15) is 135 Å². The quantitative estimate of drug-likeness (QED) is 0.0268. The third-order valence-electron chi connectivity index (χ3n) is 13.2. The maximum Gasteiger partial charge on any atom is 0.314 e. The van der Waals surface area contributed by atoms with Gasteiger partial charge in [-0.3, -0.25) is 9.59 Å². The first-order valence-electron chi connectivity index (χ1n) is 25.2. The molecule has 0 amide bonds. The fourth-order valence-corrected chi connectivity index (χ4v) is 9.07. The first-order chi connectivity index (χ1) is 33.8. The van der Waals surface area contributed by atoms with Crippen LogP contribution < -0.4 is 31.6 Å². The molecule has 0 saturated carbocycles. The van der Waals surface area contributed by atoms with E-state index in [0.717, 1.165) is 111 Å². The van der Waals surface area contributed by atoms with Crippen molar-refractivity contribution in [2.75, 3.05) is 103 Å². The molecule has 3 heterocycles. The number of anilines is 4. The standard InChI is InChI=1S/C53H80N10O7/c1-9-11-23-56-48-42(35(3)58-52(54)60-48)31-37-17-19-39(33-44(37)67-7)46(50(65)69-29-15-13-25-63-26-21-41(22-27-63)62(5)6)47(51(66)70-30-16-14-28-64)40-20-18-38(45(34-40)68-8)32-43-36(4)59-53(55)61-49(43)57-24-12-10-2/h17-20,33-34,41,46-47,64H,9-16,21-32H2,1-8H3,(H3,54,56,58,60)(H3,55,57,59,61). The topological polar surface area (TPSA) is 225 Å². The summed E-state index contributed by atoms with van der Waals surface area (Å²) in [7, 11) is 7.45. The number of hydrogen-bond donors (Lipinski definition) is 5. The molecule has 5 rings (SSSR count). The van der Waals surface area contributed by atoms with Crippen LogP contribution in [-0.2, 0) is 31.9 Å². The number of aliphatic hydroxyl groups is 1. The zero-order valence-corrected chi connectivity index (χ0v) is 43.1. The van der Waals surface area contributed by atoms with Crippen LogP contribution in [0.4, 0.5) is 23.5 Å². The summed E-state index contributed by atoms with van der Waals surface area (Å²) in [5.41, 5.74) is 18.1. The lowest BCUT2D eigenvalue weighted by Crippen LogP contribution is -2.42. The molecule has 1 saturated heterocycles. The molecule has 1 fully saturated rings. The van der Waals surface area contributed by atoms with E-state index in [0.29, 0.717) is 72.4 Å². The molecule has 2 aromatic carbocycles. The van der Waals surface area contributed by atoms with Crippen molar-refractivity contribution in [3.05, 3.63) is 81.2 Å². The van der Waals surface area contributed by atoms with Gasteiger partial charge in [-0.15, -0.1) is 0 Å². The zero-order valence-electron chi connectivity index (χ0n) is 43.1. The van der Waals surface area contributed by atoms with Crippen molar-refractivity contribution in [3.63, 3.8) is 0 Å². The highest BCUT2D eigenvalue weighted by atomic mass is 16.5. The summed E-state index contributed by atoms with van der Waals surface area (Å²) in [6.07, 6.45) is 9.46. The Morgan fingerprint density at radius 2 is 1.17 bits per heavy atom. The second kappa shape index (κ2) is 28.2. The number of nitrogens with zero attached hydrogens (tertiary/aromatic N) is 6. The lowest BCUT2D eigenvalue weighted by atomic mass is 9.80. The third-order valence-corrected chi connectivity index (χ3v) is 13.2. The van der Waals surface area contributed by atoms with Gasteiger partial charge in [-0.2, -0.15) is 9.97 Å². The highest BCUT2D eigenvalue weighted by molar-refractivity contribution is 5.90. The van der Waals surface area contributed by atoms with Crippen LogP contribution in [0.3, 0.4) is 0 Å². The van der Waals surface area contributed by atoms with Gasteiger partial charge < -0.3 is 56.0 Å². The van der Waals surface area contributed by atoms with Crippen molar-refractivity contribution in [3.8, 4) is 11.5 Å². The molecule has 0 aliphatic carbocycles. The number of methoxy groups -OCH3 is 2. The van der Waals surface area contributed by atoms with Crippen molar-refractivity contribution >= 4 is 35.5 Å². The molecule has 384 valence electrons. The molecule has 0 spiro atoms. The van der Waals surface area contributed by atoms with Gasteiger partial charge in [0.2, 0.25) is 11.9 Å². The van der Waals surface area contributed by atoms with Gasteiger partial charge in [-0.05, 0) is 133 Å². The Bertz CT molecular complexity index is 2290. The molecule has 70 heavy (non-hydrogen) atoms. The summed E-state index contributed by atoms with van der Waals surface area (Å²) in [4.78, 5) is 52.4. The molecule has 17 nitrogen and oxygen atoms in total. The second-order valence-corrected chi connectivity index (χ2v) is 18.5. The summed E-state index contributed by atoms with van der Waals surface area (Å²) in [6.45, 7) is 12.7. The molecule has 4 aromatic rings. The molecule has 2 unspecified atom stereocenters. The summed E-state index contributed by atoms with van der Waals surface area (Å²) in [5, 5.41) is 16.4. The zero-order chi connectivity index (χ0) is 50.6. The minimum atomic E-state index is -1.16. The number of rotatable bonds is 29. The summed E-state index contributed by atoms with van der Waals surface area (Å²) >= 11 is 0. The Morgan fingerprint density at radius 3 is 1.59 bits per heavy atom. The summed E-state index contributed by atoms with van der Waals surface area (Å²) < 4.78 is 24.2. The minimum absolute atomic E-state index is 0.0399. The summed E-state index contributed by atoms with van der Waals surface area (Å²) in [5.74, 6) is -0.778. The number of aromatic nitrogens is 4. The van der Waals surface area contributed by atoms with Gasteiger partial charge in [0, 0.05) is 61.1 Å². The van der Waals surface area contributed by atoms with Crippen molar-refractivity contribution in [2.24, 2.45) is 0 Å². The van der Waals surface area contributed by atoms with E-state index in [1.807, 2.05) is 44.2 Å². The Balaban J connectivity index is 1.54. The molecule has 0 radical (unpaired) electrons. The van der Waals surface area contributed by atoms with E-state index in [1.165, 1.54) is 0 Å². The number of nitrogen functional groups attached to an aromatic ring is 2. The Hall–Kier alpha value is -5.78. The van der Waals surface area contributed by atoms with E-state index in [2.05, 4.69) is 68.3 Å². The molecule has 2 aromatic heterocycles. The number of hydrogen-bond acceptors (Lipinski definition) is 17. The number of likely N-dealkylation sites (tertiary alicyclic amines) is 1. The van der Waals surface area contributed by atoms with Gasteiger partial charge in [0.1, 0.15) is 23.1 Å². The monoisotopic (exact) mass is 969 g/mol. The minimum Gasteiger partial charge on any atom is -0.496 e. The van der Waals surface area contributed by atoms with Gasteiger partial charge in [0.05, 0.1) is 39.3 Å². The van der Waals surface area contributed by atoms with E-state index in [-0.39, 0.29) is 31.7 Å². The van der Waals surface area contributed by atoms with Crippen LogP contribution >= 0.6 is 0 Å². The van der Waals surface area contributed by atoms with Crippen molar-refractivity contribution in [1.82, 2.24) is 29.7 Å². The van der Waals surface area contributed by atoms with Gasteiger partial charge in [-0.25, -0.2) is 9.97 Å². The number of nitrogens with two attached hydrogens (primary N) is 2. The lowest BCUT2D eigenvalue weighted by molar-refractivity contribution is -0.154. The van der Waals surface area contributed by atoms with Crippen molar-refractivity contribution < 1.29 is 33.6 Å². The fourth-order valence-electron chi connectivity index (χ4n) is 9.07. The molecule has 7 N–H and O–H groups in total. The maximum absolute atomic E-state index is 14.9. The molecule has 17 heteroatoms. The van der Waals surface area contributed by atoms with Crippen molar-refractivity contribution in [2.45, 2.75) is 123 Å². The number of benzene rings is 2. The second-order valence-electron chi connectivity index (χ2n) is 18.5. The normalized spacial score (nSPS) is 14.0. The fraction of sp³-hybridized carbons (Fsp3) is 0.585. The molecule has 2 atom stereocenters. The first kappa shape index (κ1) is 55.2. The van der Waals surface area contributed by atoms with Crippen LogP contribution in [0.2, 0.25) is 0 Å². The third kappa shape index (κ3) is 15.6. The Labute approximate surface area is 415 Å². The highest BCUT2D eigenvalue weighted by Crippen LogP contribution is 2.41. The Morgan fingerprint density at radius 1 is 0.714 bits per heavy atom. The molecule has 1 aliphatic rings.